The summed E-state index contributed by atoms with van der Waals surface area (Å²) in [5.74, 6) is 1.99. The number of fused-ring (bicyclic) bond motifs is 1. The van der Waals surface area contributed by atoms with Gasteiger partial charge in [-0.15, -0.1) is 0 Å². The molecule has 1 fully saturated rings. The number of amides is 1. The Bertz CT molecular complexity index is 1300. The minimum Gasteiger partial charge on any atom is -0.497 e. The molecule has 0 saturated heterocycles. The Balaban J connectivity index is 1.41. The summed E-state index contributed by atoms with van der Waals surface area (Å²) in [6, 6.07) is 12.0. The lowest BCUT2D eigenvalue weighted by Gasteiger charge is -2.31. The summed E-state index contributed by atoms with van der Waals surface area (Å²) in [4.78, 5) is 16.8. The van der Waals surface area contributed by atoms with Gasteiger partial charge in [-0.3, -0.25) is 4.98 Å². The van der Waals surface area contributed by atoms with E-state index in [-0.39, 0.29) is 6.09 Å². The maximum atomic E-state index is 12.1. The number of methoxy groups -OCH3 is 2. The summed E-state index contributed by atoms with van der Waals surface area (Å²) >= 11 is 6.41. The molecule has 8 nitrogen and oxygen atoms in total. The third-order valence-electron chi connectivity index (χ3n) is 7.16. The molecule has 4 rings (SSSR count). The minimum absolute atomic E-state index is 0.322. The first-order valence-corrected chi connectivity index (χ1v) is 14.2. The van der Waals surface area contributed by atoms with E-state index in [1.54, 1.807) is 14.2 Å². The van der Waals surface area contributed by atoms with Gasteiger partial charge >= 0.3 is 6.09 Å². The molecule has 1 saturated carbocycles. The van der Waals surface area contributed by atoms with Crippen molar-refractivity contribution < 1.29 is 19.0 Å². The number of nitrogens with one attached hydrogen (secondary N) is 3. The number of pyridine rings is 1. The molecule has 1 aliphatic carbocycles. The highest BCUT2D eigenvalue weighted by Gasteiger charge is 2.24. The fourth-order valence-corrected chi connectivity index (χ4v) is 5.27. The first-order chi connectivity index (χ1) is 19.1. The zero-order valence-corrected chi connectivity index (χ0v) is 24.9. The Labute approximate surface area is 242 Å². The van der Waals surface area contributed by atoms with E-state index in [0.29, 0.717) is 36.6 Å². The van der Waals surface area contributed by atoms with Gasteiger partial charge in [-0.05, 0) is 76.6 Å². The molecule has 216 valence electrons. The van der Waals surface area contributed by atoms with E-state index in [2.05, 4.69) is 16.0 Å². The molecule has 0 spiro atoms. The quantitative estimate of drug-likeness (QED) is 0.251. The molecule has 40 heavy (non-hydrogen) atoms. The average molecular weight is 569 g/mol. The van der Waals surface area contributed by atoms with Gasteiger partial charge in [0.25, 0.3) is 0 Å². The molecule has 3 aromatic rings. The van der Waals surface area contributed by atoms with E-state index in [1.165, 1.54) is 0 Å². The normalized spacial score (nSPS) is 17.4. The van der Waals surface area contributed by atoms with Crippen molar-refractivity contribution in [2.24, 2.45) is 5.92 Å². The van der Waals surface area contributed by atoms with Crippen molar-refractivity contribution in [3.8, 4) is 11.5 Å². The van der Waals surface area contributed by atoms with Gasteiger partial charge in [0.15, 0.2) is 0 Å². The van der Waals surface area contributed by atoms with Gasteiger partial charge in [-0.25, -0.2) is 4.79 Å². The molecule has 0 aliphatic heterocycles. The van der Waals surface area contributed by atoms with E-state index in [4.69, 9.17) is 30.8 Å². The largest absolute Gasteiger partial charge is 0.497 e. The minimum atomic E-state index is -0.491. The van der Waals surface area contributed by atoms with Gasteiger partial charge in [0, 0.05) is 65.2 Å². The maximum absolute atomic E-state index is 12.1. The van der Waals surface area contributed by atoms with Crippen LogP contribution in [0.25, 0.3) is 10.9 Å². The monoisotopic (exact) mass is 568 g/mol. The molecule has 2 aromatic carbocycles. The third-order valence-corrected chi connectivity index (χ3v) is 7.40. The van der Waals surface area contributed by atoms with Crippen LogP contribution in [0.1, 0.15) is 57.6 Å². The zero-order valence-electron chi connectivity index (χ0n) is 24.1. The van der Waals surface area contributed by atoms with Gasteiger partial charge in [-0.2, -0.15) is 0 Å². The lowest BCUT2D eigenvalue weighted by molar-refractivity contribution is 0.0515. The standard InChI is InChI=1S/C31H41ClN4O4/c1-31(2,3)40-30(37)35-16-20-6-10-24(11-7-20)36-29-22(19-34-27-13-9-23(32)14-26(27)29)18-33-17-21-8-12-25(38-4)15-28(21)39-5/h8-9,12-15,19-20,24,33H,6-7,10-11,16-18H2,1-5H3,(H,34,36)(H,35,37). The third kappa shape index (κ3) is 8.15. The number of aromatic nitrogens is 1. The number of carbonyl (C=O) groups is 1. The highest BCUT2D eigenvalue weighted by molar-refractivity contribution is 6.31. The van der Waals surface area contributed by atoms with Crippen LogP contribution in [0.5, 0.6) is 11.5 Å². The molecule has 9 heteroatoms. The van der Waals surface area contributed by atoms with Gasteiger partial charge in [0.1, 0.15) is 17.1 Å². The van der Waals surface area contributed by atoms with Crippen LogP contribution >= 0.6 is 11.6 Å². The van der Waals surface area contributed by atoms with Crippen LogP contribution in [0.15, 0.2) is 42.6 Å². The lowest BCUT2D eigenvalue weighted by atomic mass is 9.85. The van der Waals surface area contributed by atoms with Crippen molar-refractivity contribution in [3.63, 3.8) is 0 Å². The Kier molecular flexibility index (Phi) is 9.98. The van der Waals surface area contributed by atoms with Gasteiger partial charge < -0.3 is 30.2 Å². The van der Waals surface area contributed by atoms with Gasteiger partial charge in [0.2, 0.25) is 0 Å². The van der Waals surface area contributed by atoms with Crippen LogP contribution < -0.4 is 25.4 Å². The Hall–Kier alpha value is -3.23. The number of halogens is 1. The van der Waals surface area contributed by atoms with Crippen molar-refractivity contribution in [3.05, 3.63) is 58.7 Å². The van der Waals surface area contributed by atoms with Crippen molar-refractivity contribution in [1.82, 2.24) is 15.6 Å². The summed E-state index contributed by atoms with van der Waals surface area (Å²) in [5, 5.41) is 12.0. The molecular weight excluding hydrogens is 528 g/mol. The lowest BCUT2D eigenvalue weighted by Crippen LogP contribution is -2.37. The highest BCUT2D eigenvalue weighted by atomic mass is 35.5. The summed E-state index contributed by atoms with van der Waals surface area (Å²) in [6.45, 7) is 7.52. The van der Waals surface area contributed by atoms with Crippen molar-refractivity contribution >= 4 is 34.3 Å². The predicted molar refractivity (Wildman–Crippen MR) is 160 cm³/mol. The van der Waals surface area contributed by atoms with Crippen molar-refractivity contribution in [2.75, 3.05) is 26.1 Å². The van der Waals surface area contributed by atoms with Crippen LogP contribution in [0.3, 0.4) is 0 Å². The van der Waals surface area contributed by atoms with E-state index in [0.717, 1.165) is 64.9 Å². The Morgan fingerprint density at radius 3 is 2.45 bits per heavy atom. The van der Waals surface area contributed by atoms with Gasteiger partial charge in [0.05, 0.1) is 19.7 Å². The van der Waals surface area contributed by atoms with Crippen LogP contribution in [0, 0.1) is 5.92 Å². The van der Waals surface area contributed by atoms with Crippen molar-refractivity contribution in [2.45, 2.75) is 71.2 Å². The SMILES string of the molecule is COc1ccc(CNCc2cnc3ccc(Cl)cc3c2NC2CCC(CNC(=O)OC(C)(C)C)CC2)c(OC)c1. The fourth-order valence-electron chi connectivity index (χ4n) is 5.10. The predicted octanol–water partition coefficient (Wildman–Crippen LogP) is 6.69. The Morgan fingerprint density at radius 1 is 1.00 bits per heavy atom. The molecule has 0 radical (unpaired) electrons. The molecule has 0 atom stereocenters. The van der Waals surface area contributed by atoms with Crippen LogP contribution in [0.2, 0.25) is 5.02 Å². The second-order valence-corrected chi connectivity index (χ2v) is 11.8. The molecule has 3 N–H and O–H groups in total. The smallest absolute Gasteiger partial charge is 0.407 e. The molecule has 0 unspecified atom stereocenters. The van der Waals surface area contributed by atoms with E-state index >= 15 is 0 Å². The first kappa shape index (κ1) is 29.7. The summed E-state index contributed by atoms with van der Waals surface area (Å²) < 4.78 is 16.3. The van der Waals surface area contributed by atoms with Crippen molar-refractivity contribution in [1.29, 1.82) is 0 Å². The zero-order chi connectivity index (χ0) is 28.7. The Morgan fingerprint density at radius 2 is 1.75 bits per heavy atom. The first-order valence-electron chi connectivity index (χ1n) is 13.9. The number of alkyl carbamates (subject to hydrolysis) is 1. The number of nitrogens with zero attached hydrogens (tertiary/aromatic N) is 1. The molecule has 1 heterocycles. The molecule has 0 bridgehead atoms. The second kappa shape index (κ2) is 13.4. The molecular formula is C31H41ClN4O4. The second-order valence-electron chi connectivity index (χ2n) is 11.3. The van der Waals surface area contributed by atoms with Crippen LogP contribution in [-0.4, -0.2) is 43.5 Å². The fraction of sp³-hybridized carbons (Fsp3) is 0.484. The number of rotatable bonds is 10. The molecule has 1 amide bonds. The number of ether oxygens (including phenoxy) is 3. The number of hydrogen-bond donors (Lipinski definition) is 3. The summed E-state index contributed by atoms with van der Waals surface area (Å²) in [7, 11) is 3.31. The number of benzene rings is 2. The molecule has 1 aliphatic rings. The van der Waals surface area contributed by atoms with E-state index in [9.17, 15) is 4.79 Å². The molecule has 1 aromatic heterocycles. The summed E-state index contributed by atoms with van der Waals surface area (Å²) in [5.41, 5.74) is 3.61. The van der Waals surface area contributed by atoms with Gasteiger partial charge in [-0.1, -0.05) is 17.7 Å². The number of hydrogen-bond acceptors (Lipinski definition) is 7. The highest BCUT2D eigenvalue weighted by Crippen LogP contribution is 2.33. The van der Waals surface area contributed by atoms with E-state index in [1.807, 2.05) is 63.4 Å². The maximum Gasteiger partial charge on any atom is 0.407 e. The number of carbonyl (C=O) groups excluding carboxylic acids is 1. The summed E-state index contributed by atoms with van der Waals surface area (Å²) in [6.07, 6.45) is 5.68. The van der Waals surface area contributed by atoms with Crippen LogP contribution in [-0.2, 0) is 17.8 Å². The topological polar surface area (TPSA) is 93.7 Å². The average Bonchev–Trinajstić information content (AvgIpc) is 2.93. The number of anilines is 1. The van der Waals surface area contributed by atoms with E-state index < -0.39 is 5.60 Å². The van der Waals surface area contributed by atoms with Crippen LogP contribution in [0.4, 0.5) is 10.5 Å².